The summed E-state index contributed by atoms with van der Waals surface area (Å²) in [6.45, 7) is 1.60. The number of likely N-dealkylation sites (tertiary alicyclic amines) is 1. The Morgan fingerprint density at radius 3 is 2.64 bits per heavy atom. The summed E-state index contributed by atoms with van der Waals surface area (Å²) in [5.41, 5.74) is 1.89. The third kappa shape index (κ3) is 5.83. The van der Waals surface area contributed by atoms with Crippen molar-refractivity contribution >= 4 is 17.9 Å². The Hall–Kier alpha value is -4.00. The van der Waals surface area contributed by atoms with Gasteiger partial charge in [-0.15, -0.1) is 0 Å². The Balaban J connectivity index is 1.26. The first-order valence-corrected chi connectivity index (χ1v) is 10.7. The fourth-order valence-corrected chi connectivity index (χ4v) is 3.47. The molecule has 1 fully saturated rings. The molecule has 7 heteroatoms. The zero-order chi connectivity index (χ0) is 23.0. The molecule has 1 aliphatic rings. The Morgan fingerprint density at radius 2 is 1.91 bits per heavy atom. The first-order chi connectivity index (χ1) is 16.1. The highest BCUT2D eigenvalue weighted by atomic mass is 16.5. The molecule has 170 valence electrons. The second-order valence-electron chi connectivity index (χ2n) is 7.76. The van der Waals surface area contributed by atoms with Gasteiger partial charge < -0.3 is 24.1 Å². The van der Waals surface area contributed by atoms with E-state index in [1.165, 1.54) is 6.08 Å². The summed E-state index contributed by atoms with van der Waals surface area (Å²) in [4.78, 5) is 26.2. The number of hydrogen-bond acceptors (Lipinski definition) is 5. The molecule has 2 aromatic carbocycles. The van der Waals surface area contributed by atoms with Crippen molar-refractivity contribution in [3.8, 4) is 11.5 Å². The summed E-state index contributed by atoms with van der Waals surface area (Å²) in [5.74, 6) is 1.53. The first-order valence-electron chi connectivity index (χ1n) is 10.7. The smallest absolute Gasteiger partial charge is 0.246 e. The van der Waals surface area contributed by atoms with E-state index in [0.29, 0.717) is 43.5 Å². The van der Waals surface area contributed by atoms with E-state index in [1.54, 1.807) is 36.5 Å². The molecule has 0 bridgehead atoms. The number of amides is 2. The maximum atomic E-state index is 12.4. The number of nitrogens with one attached hydrogen (secondary N) is 1. The summed E-state index contributed by atoms with van der Waals surface area (Å²) >= 11 is 0. The summed E-state index contributed by atoms with van der Waals surface area (Å²) < 4.78 is 16.5. The summed E-state index contributed by atoms with van der Waals surface area (Å²) in [6.07, 6.45) is 4.81. The molecule has 0 atom stereocenters. The molecule has 7 nitrogen and oxygen atoms in total. The van der Waals surface area contributed by atoms with Crippen LogP contribution < -0.4 is 14.8 Å². The number of rotatable bonds is 9. The van der Waals surface area contributed by atoms with Gasteiger partial charge in [0, 0.05) is 19.2 Å². The molecule has 0 spiro atoms. The minimum Gasteiger partial charge on any atom is -0.493 e. The summed E-state index contributed by atoms with van der Waals surface area (Å²) in [6, 6.07) is 19.0. The molecular weight excluding hydrogens is 420 g/mol. The van der Waals surface area contributed by atoms with Gasteiger partial charge in [-0.2, -0.15) is 0 Å². The van der Waals surface area contributed by atoms with Gasteiger partial charge >= 0.3 is 0 Å². The lowest BCUT2D eigenvalue weighted by molar-refractivity contribution is -0.139. The van der Waals surface area contributed by atoms with Crippen molar-refractivity contribution in [2.45, 2.75) is 13.2 Å². The van der Waals surface area contributed by atoms with Crippen LogP contribution in [0.5, 0.6) is 11.5 Å². The topological polar surface area (TPSA) is 81.0 Å². The third-order valence-electron chi connectivity index (χ3n) is 5.42. The first kappa shape index (κ1) is 22.2. The number of carbonyl (C=O) groups is 2. The maximum absolute atomic E-state index is 12.4. The minimum atomic E-state index is -0.196. The quantitative estimate of drug-likeness (QED) is 0.508. The molecule has 33 heavy (non-hydrogen) atoms. The summed E-state index contributed by atoms with van der Waals surface area (Å²) in [5, 5.41) is 2.83. The Kier molecular flexibility index (Phi) is 7.09. The third-order valence-corrected chi connectivity index (χ3v) is 5.42. The Morgan fingerprint density at radius 1 is 1.09 bits per heavy atom. The molecule has 0 radical (unpaired) electrons. The van der Waals surface area contributed by atoms with Crippen molar-refractivity contribution in [1.29, 1.82) is 0 Å². The number of carbonyl (C=O) groups excluding carboxylic acids is 2. The van der Waals surface area contributed by atoms with Gasteiger partial charge in [0.25, 0.3) is 0 Å². The van der Waals surface area contributed by atoms with Crippen LogP contribution >= 0.6 is 0 Å². The zero-order valence-electron chi connectivity index (χ0n) is 18.4. The lowest BCUT2D eigenvalue weighted by Gasteiger charge is -2.37. The van der Waals surface area contributed by atoms with Crippen molar-refractivity contribution in [3.63, 3.8) is 0 Å². The number of ether oxygens (including phenoxy) is 2. The van der Waals surface area contributed by atoms with Gasteiger partial charge in [-0.3, -0.25) is 9.59 Å². The number of nitrogens with zero attached hydrogens (tertiary/aromatic N) is 1. The predicted molar refractivity (Wildman–Crippen MR) is 123 cm³/mol. The molecule has 2 heterocycles. The molecule has 0 aliphatic carbocycles. The summed E-state index contributed by atoms with van der Waals surface area (Å²) in [7, 11) is 1.58. The highest BCUT2D eigenvalue weighted by Crippen LogP contribution is 2.29. The number of methoxy groups -OCH3 is 1. The van der Waals surface area contributed by atoms with E-state index >= 15 is 0 Å². The zero-order valence-corrected chi connectivity index (χ0v) is 18.4. The maximum Gasteiger partial charge on any atom is 0.246 e. The van der Waals surface area contributed by atoms with Gasteiger partial charge in [-0.25, -0.2) is 0 Å². The van der Waals surface area contributed by atoms with Gasteiger partial charge in [0.2, 0.25) is 11.8 Å². The highest BCUT2D eigenvalue weighted by Gasteiger charge is 2.34. The van der Waals surface area contributed by atoms with Crippen LogP contribution in [0.4, 0.5) is 0 Å². The highest BCUT2D eigenvalue weighted by molar-refractivity contribution is 5.94. The number of hydrogen-bond donors (Lipinski definition) is 1. The van der Waals surface area contributed by atoms with Crippen LogP contribution in [0.25, 0.3) is 6.08 Å². The molecule has 2 amide bonds. The lowest BCUT2D eigenvalue weighted by atomic mass is 9.99. The average molecular weight is 447 g/mol. The second-order valence-corrected chi connectivity index (χ2v) is 7.76. The Labute approximate surface area is 192 Å². The van der Waals surface area contributed by atoms with Crippen molar-refractivity contribution < 1.29 is 23.5 Å². The normalized spacial score (nSPS) is 13.5. The van der Waals surface area contributed by atoms with E-state index in [-0.39, 0.29) is 17.7 Å². The van der Waals surface area contributed by atoms with Crippen LogP contribution in [0.15, 0.2) is 77.4 Å². The monoisotopic (exact) mass is 446 g/mol. The molecule has 1 aromatic heterocycles. The van der Waals surface area contributed by atoms with E-state index in [1.807, 2.05) is 48.5 Å². The van der Waals surface area contributed by atoms with E-state index in [9.17, 15) is 9.59 Å². The molecule has 0 saturated carbocycles. The largest absolute Gasteiger partial charge is 0.493 e. The standard InChI is InChI=1S/C26H26N2O5/c1-31-24-14-19(9-11-23(24)33-18-20-6-3-2-4-7-20)10-12-25(29)28-16-21(17-28)26(30)27-15-22-8-5-13-32-22/h2-14,21H,15-18H2,1H3,(H,27,30)/b12-10+. The van der Waals surface area contributed by atoms with Gasteiger partial charge in [0.15, 0.2) is 11.5 Å². The SMILES string of the molecule is COc1cc(/C=C/C(=O)N2CC(C(=O)NCc3ccco3)C2)ccc1OCc1ccccc1. The van der Waals surface area contributed by atoms with Crippen LogP contribution in [0, 0.1) is 5.92 Å². The molecule has 3 aromatic rings. The van der Waals surface area contributed by atoms with Crippen LogP contribution in [-0.2, 0) is 22.7 Å². The van der Waals surface area contributed by atoms with E-state index in [0.717, 1.165) is 11.1 Å². The van der Waals surface area contributed by atoms with Gasteiger partial charge in [0.1, 0.15) is 12.4 Å². The van der Waals surface area contributed by atoms with Crippen molar-refractivity contribution in [2.24, 2.45) is 5.92 Å². The molecule has 0 unspecified atom stereocenters. The molecular formula is C26H26N2O5. The molecule has 1 aliphatic heterocycles. The Bertz CT molecular complexity index is 1100. The van der Waals surface area contributed by atoms with E-state index in [2.05, 4.69) is 5.32 Å². The van der Waals surface area contributed by atoms with Crippen molar-refractivity contribution in [3.05, 3.63) is 89.9 Å². The molecule has 1 N–H and O–H groups in total. The predicted octanol–water partition coefficient (Wildman–Crippen LogP) is 3.66. The van der Waals surface area contributed by atoms with Crippen LogP contribution in [-0.4, -0.2) is 36.9 Å². The minimum absolute atomic E-state index is 0.0738. The van der Waals surface area contributed by atoms with Gasteiger partial charge in [-0.05, 0) is 41.5 Å². The average Bonchev–Trinajstić information content (AvgIpc) is 3.34. The van der Waals surface area contributed by atoms with Gasteiger partial charge in [0.05, 0.1) is 25.8 Å². The van der Waals surface area contributed by atoms with Crippen LogP contribution in [0.3, 0.4) is 0 Å². The van der Waals surface area contributed by atoms with Gasteiger partial charge in [-0.1, -0.05) is 36.4 Å². The van der Waals surface area contributed by atoms with Crippen LogP contribution in [0.2, 0.25) is 0 Å². The molecule has 1 saturated heterocycles. The molecule has 4 rings (SSSR count). The van der Waals surface area contributed by atoms with E-state index in [4.69, 9.17) is 13.9 Å². The fourth-order valence-electron chi connectivity index (χ4n) is 3.47. The second kappa shape index (κ2) is 10.5. The number of benzene rings is 2. The van der Waals surface area contributed by atoms with Crippen LogP contribution in [0.1, 0.15) is 16.9 Å². The fraction of sp³-hybridized carbons (Fsp3) is 0.231. The van der Waals surface area contributed by atoms with E-state index < -0.39 is 0 Å². The van der Waals surface area contributed by atoms with Crippen molar-refractivity contribution in [2.75, 3.05) is 20.2 Å². The number of furan rings is 1. The lowest BCUT2D eigenvalue weighted by Crippen LogP contribution is -2.55. The van der Waals surface area contributed by atoms with Crippen molar-refractivity contribution in [1.82, 2.24) is 10.2 Å².